The van der Waals surface area contributed by atoms with Crippen LogP contribution in [0.2, 0.25) is 0 Å². The van der Waals surface area contributed by atoms with Crippen LogP contribution in [0.15, 0.2) is 18.2 Å². The van der Waals surface area contributed by atoms with Gasteiger partial charge in [-0.25, -0.2) is 8.78 Å². The second-order valence-corrected chi connectivity index (χ2v) is 5.09. The van der Waals surface area contributed by atoms with Crippen molar-refractivity contribution in [2.75, 3.05) is 14.2 Å². The van der Waals surface area contributed by atoms with E-state index in [0.29, 0.717) is 12.0 Å². The van der Waals surface area contributed by atoms with Gasteiger partial charge in [0, 0.05) is 13.2 Å². The van der Waals surface area contributed by atoms with E-state index < -0.39 is 5.82 Å². The zero-order valence-electron chi connectivity index (χ0n) is 11.4. The first-order valence-electron chi connectivity index (χ1n) is 6.04. The number of methoxy groups -OCH3 is 1. The summed E-state index contributed by atoms with van der Waals surface area (Å²) in [7, 11) is 3.46. The van der Waals surface area contributed by atoms with E-state index in [9.17, 15) is 8.78 Å². The van der Waals surface area contributed by atoms with E-state index in [0.717, 1.165) is 12.5 Å². The molecule has 0 aliphatic heterocycles. The highest BCUT2D eigenvalue weighted by Crippen LogP contribution is 2.19. The summed E-state index contributed by atoms with van der Waals surface area (Å²) >= 11 is 0. The van der Waals surface area contributed by atoms with Gasteiger partial charge in [-0.2, -0.15) is 0 Å². The second-order valence-electron chi connectivity index (χ2n) is 5.09. The highest BCUT2D eigenvalue weighted by Gasteiger charge is 2.22. The van der Waals surface area contributed by atoms with Crippen molar-refractivity contribution >= 4 is 0 Å². The zero-order valence-corrected chi connectivity index (χ0v) is 11.4. The number of benzene rings is 1. The summed E-state index contributed by atoms with van der Waals surface area (Å²) < 4.78 is 32.0. The molecule has 1 N–H and O–H groups in total. The van der Waals surface area contributed by atoms with Crippen LogP contribution in [0.3, 0.4) is 0 Å². The lowest BCUT2D eigenvalue weighted by Crippen LogP contribution is -2.37. The molecular weight excluding hydrogens is 236 g/mol. The number of likely N-dealkylation sites (N-methyl/N-ethyl adjacent to an activating group) is 1. The van der Waals surface area contributed by atoms with Crippen LogP contribution in [0, 0.1) is 11.6 Å². The van der Waals surface area contributed by atoms with Gasteiger partial charge >= 0.3 is 0 Å². The van der Waals surface area contributed by atoms with Crippen molar-refractivity contribution in [2.45, 2.75) is 38.3 Å². The van der Waals surface area contributed by atoms with Crippen molar-refractivity contribution in [2.24, 2.45) is 0 Å². The molecule has 1 unspecified atom stereocenters. The molecule has 0 bridgehead atoms. The number of hydrogen-bond donors (Lipinski definition) is 1. The third-order valence-corrected chi connectivity index (χ3v) is 3.17. The van der Waals surface area contributed by atoms with E-state index in [1.54, 1.807) is 7.11 Å². The molecule has 2 nitrogen and oxygen atoms in total. The van der Waals surface area contributed by atoms with Gasteiger partial charge in [0.05, 0.1) is 5.60 Å². The molecule has 1 aromatic carbocycles. The monoisotopic (exact) mass is 257 g/mol. The van der Waals surface area contributed by atoms with Gasteiger partial charge in [-0.1, -0.05) is 0 Å². The van der Waals surface area contributed by atoms with Gasteiger partial charge in [0.1, 0.15) is 11.6 Å². The summed E-state index contributed by atoms with van der Waals surface area (Å²) in [5.74, 6) is -0.779. The Morgan fingerprint density at radius 2 is 2.00 bits per heavy atom. The third kappa shape index (κ3) is 4.35. The van der Waals surface area contributed by atoms with Gasteiger partial charge in [0.2, 0.25) is 0 Å². The van der Waals surface area contributed by atoms with Gasteiger partial charge in [0.15, 0.2) is 0 Å². The molecule has 4 heteroatoms. The summed E-state index contributed by atoms with van der Waals surface area (Å²) in [5, 5.41) is 3.12. The smallest absolute Gasteiger partial charge is 0.126 e. The van der Waals surface area contributed by atoms with Crippen LogP contribution in [-0.4, -0.2) is 25.8 Å². The van der Waals surface area contributed by atoms with E-state index in [4.69, 9.17) is 4.74 Å². The summed E-state index contributed by atoms with van der Waals surface area (Å²) in [6.45, 7) is 3.94. The molecule has 0 aromatic heterocycles. The van der Waals surface area contributed by atoms with E-state index in [1.807, 2.05) is 20.9 Å². The van der Waals surface area contributed by atoms with Crippen molar-refractivity contribution < 1.29 is 13.5 Å². The van der Waals surface area contributed by atoms with Crippen LogP contribution in [0.25, 0.3) is 0 Å². The molecule has 0 saturated heterocycles. The van der Waals surface area contributed by atoms with Crippen molar-refractivity contribution in [3.63, 3.8) is 0 Å². The number of ether oxygens (including phenoxy) is 1. The van der Waals surface area contributed by atoms with Gasteiger partial charge in [0.25, 0.3) is 0 Å². The van der Waals surface area contributed by atoms with E-state index in [1.165, 1.54) is 12.1 Å². The quantitative estimate of drug-likeness (QED) is 0.846. The first-order chi connectivity index (χ1) is 8.38. The first kappa shape index (κ1) is 15.1. The first-order valence-corrected chi connectivity index (χ1v) is 6.04. The lowest BCUT2D eigenvalue weighted by atomic mass is 9.94. The molecule has 0 aliphatic carbocycles. The molecule has 0 fully saturated rings. The number of halogens is 2. The van der Waals surface area contributed by atoms with Crippen molar-refractivity contribution in [3.8, 4) is 0 Å². The SMILES string of the molecule is CNC(Cc1cc(F)ccc1F)CC(C)(C)OC. The average molecular weight is 257 g/mol. The minimum Gasteiger partial charge on any atom is -0.379 e. The Bertz CT molecular complexity index is 393. The summed E-state index contributed by atoms with van der Waals surface area (Å²) in [6.07, 6.45) is 1.16. The Morgan fingerprint density at radius 1 is 1.33 bits per heavy atom. The predicted molar refractivity (Wildman–Crippen MR) is 68.6 cm³/mol. The fourth-order valence-electron chi connectivity index (χ4n) is 1.92. The Labute approximate surface area is 107 Å². The number of hydrogen-bond acceptors (Lipinski definition) is 2. The van der Waals surface area contributed by atoms with Crippen LogP contribution in [0.4, 0.5) is 8.78 Å². The largest absolute Gasteiger partial charge is 0.379 e. The molecule has 0 heterocycles. The summed E-state index contributed by atoms with van der Waals surface area (Å²) in [4.78, 5) is 0. The minimum atomic E-state index is -0.410. The molecule has 1 aromatic rings. The Balaban J connectivity index is 2.77. The fourth-order valence-corrected chi connectivity index (χ4v) is 1.92. The topological polar surface area (TPSA) is 21.3 Å². The summed E-state index contributed by atoms with van der Waals surface area (Å²) in [6, 6.07) is 3.58. The molecule has 0 amide bonds. The van der Waals surface area contributed by atoms with Crippen molar-refractivity contribution in [1.29, 1.82) is 0 Å². The van der Waals surface area contributed by atoms with E-state index in [-0.39, 0.29) is 17.5 Å². The van der Waals surface area contributed by atoms with Crippen molar-refractivity contribution in [3.05, 3.63) is 35.4 Å². The molecule has 1 rings (SSSR count). The van der Waals surface area contributed by atoms with Gasteiger partial charge in [-0.05, 0) is 57.5 Å². The minimum absolute atomic E-state index is 0.0382. The van der Waals surface area contributed by atoms with Gasteiger partial charge in [-0.15, -0.1) is 0 Å². The van der Waals surface area contributed by atoms with Crippen LogP contribution >= 0.6 is 0 Å². The van der Waals surface area contributed by atoms with Gasteiger partial charge < -0.3 is 10.1 Å². The Hall–Kier alpha value is -1.00. The van der Waals surface area contributed by atoms with Crippen LogP contribution in [0.1, 0.15) is 25.8 Å². The highest BCUT2D eigenvalue weighted by molar-refractivity contribution is 5.20. The highest BCUT2D eigenvalue weighted by atomic mass is 19.1. The molecule has 18 heavy (non-hydrogen) atoms. The molecule has 0 spiro atoms. The maximum Gasteiger partial charge on any atom is 0.126 e. The maximum absolute atomic E-state index is 13.6. The molecule has 102 valence electrons. The zero-order chi connectivity index (χ0) is 13.8. The van der Waals surface area contributed by atoms with E-state index in [2.05, 4.69) is 5.32 Å². The molecule has 1 atom stereocenters. The molecule has 0 saturated carbocycles. The van der Waals surface area contributed by atoms with Crippen LogP contribution < -0.4 is 5.32 Å². The van der Waals surface area contributed by atoms with Gasteiger partial charge in [-0.3, -0.25) is 0 Å². The lowest BCUT2D eigenvalue weighted by Gasteiger charge is -2.28. The van der Waals surface area contributed by atoms with E-state index >= 15 is 0 Å². The second kappa shape index (κ2) is 6.25. The Morgan fingerprint density at radius 3 is 2.56 bits per heavy atom. The maximum atomic E-state index is 13.6. The normalized spacial score (nSPS) is 13.7. The lowest BCUT2D eigenvalue weighted by molar-refractivity contribution is 0.00766. The number of rotatable bonds is 6. The standard InChI is InChI=1S/C14H21F2NO/c1-14(2,18-4)9-12(17-3)8-10-7-11(15)5-6-13(10)16/h5-7,12,17H,8-9H2,1-4H3. The fraction of sp³-hybridized carbons (Fsp3) is 0.571. The number of nitrogens with one attached hydrogen (secondary N) is 1. The summed E-state index contributed by atoms with van der Waals surface area (Å²) in [5.41, 5.74) is 0.0959. The van der Waals surface area contributed by atoms with Crippen LogP contribution in [0.5, 0.6) is 0 Å². The third-order valence-electron chi connectivity index (χ3n) is 3.17. The van der Waals surface area contributed by atoms with Crippen LogP contribution in [-0.2, 0) is 11.2 Å². The molecule has 0 radical (unpaired) electrons. The predicted octanol–water partition coefficient (Wildman–Crippen LogP) is 2.91. The van der Waals surface area contributed by atoms with Crippen molar-refractivity contribution in [1.82, 2.24) is 5.32 Å². The average Bonchev–Trinajstić information content (AvgIpc) is 2.32. The molecule has 0 aliphatic rings. The Kier molecular flexibility index (Phi) is 5.23. The molecular formula is C14H21F2NO.